The van der Waals surface area contributed by atoms with E-state index in [9.17, 15) is 4.79 Å². The van der Waals surface area contributed by atoms with E-state index in [4.69, 9.17) is 4.74 Å². The lowest BCUT2D eigenvalue weighted by molar-refractivity contribution is 0.0760. The van der Waals surface area contributed by atoms with Crippen molar-refractivity contribution in [3.8, 4) is 17.0 Å². The predicted octanol–water partition coefficient (Wildman–Crippen LogP) is 5.14. The maximum atomic E-state index is 12.7. The number of nitrogens with one attached hydrogen (secondary N) is 1. The summed E-state index contributed by atoms with van der Waals surface area (Å²) in [6, 6.07) is 16.3. The number of hydrogen-bond donors (Lipinski definition) is 1. The molecule has 0 unspecified atom stereocenters. The Hall–Kier alpha value is -3.87. The van der Waals surface area contributed by atoms with Crippen LogP contribution in [0.15, 0.2) is 54.9 Å². The van der Waals surface area contributed by atoms with Crippen molar-refractivity contribution in [1.82, 2.24) is 19.4 Å². The molecule has 0 bridgehead atoms. The number of nitrogens with zero attached hydrogens (tertiary/aromatic N) is 4. The highest BCUT2D eigenvalue weighted by Gasteiger charge is 2.27. The van der Waals surface area contributed by atoms with Crippen LogP contribution >= 0.6 is 0 Å². The molecular formula is C28H31N5O2. The number of aryl methyl sites for hydroxylation is 1. The van der Waals surface area contributed by atoms with Gasteiger partial charge < -0.3 is 19.5 Å². The van der Waals surface area contributed by atoms with Gasteiger partial charge in [0.05, 0.1) is 18.3 Å². The van der Waals surface area contributed by atoms with Gasteiger partial charge in [-0.1, -0.05) is 26.0 Å². The Morgan fingerprint density at radius 3 is 2.77 bits per heavy atom. The molecule has 35 heavy (non-hydrogen) atoms. The van der Waals surface area contributed by atoms with Crippen LogP contribution in [0.2, 0.25) is 0 Å². The van der Waals surface area contributed by atoms with Crippen molar-refractivity contribution in [2.24, 2.45) is 5.92 Å². The Bertz CT molecular complexity index is 1390. The van der Waals surface area contributed by atoms with Gasteiger partial charge in [0.1, 0.15) is 17.9 Å². The number of ether oxygens (including phenoxy) is 1. The molecule has 0 saturated carbocycles. The molecule has 3 heterocycles. The van der Waals surface area contributed by atoms with E-state index in [1.165, 1.54) is 5.69 Å². The first-order valence-corrected chi connectivity index (χ1v) is 12.1. The van der Waals surface area contributed by atoms with Crippen molar-refractivity contribution < 1.29 is 9.53 Å². The zero-order valence-electron chi connectivity index (χ0n) is 20.7. The number of anilines is 1. The second-order valence-electron chi connectivity index (χ2n) is 9.50. The fourth-order valence-electron chi connectivity index (χ4n) is 4.90. The van der Waals surface area contributed by atoms with E-state index in [1.54, 1.807) is 13.4 Å². The summed E-state index contributed by atoms with van der Waals surface area (Å²) >= 11 is 0. The third-order valence-corrected chi connectivity index (χ3v) is 6.51. The summed E-state index contributed by atoms with van der Waals surface area (Å²) in [5.74, 6) is 2.23. The molecular weight excluding hydrogens is 438 g/mol. The van der Waals surface area contributed by atoms with Crippen molar-refractivity contribution >= 4 is 22.6 Å². The molecule has 2 aromatic carbocycles. The molecule has 1 N–H and O–H groups in total. The van der Waals surface area contributed by atoms with Gasteiger partial charge in [0.25, 0.3) is 5.91 Å². The molecule has 0 saturated heterocycles. The molecule has 5 rings (SSSR count). The second-order valence-corrected chi connectivity index (χ2v) is 9.50. The molecule has 180 valence electrons. The average Bonchev–Trinajstić information content (AvgIpc) is 3.34. The van der Waals surface area contributed by atoms with Crippen molar-refractivity contribution in [2.75, 3.05) is 25.5 Å². The molecule has 1 aliphatic heterocycles. The number of fused-ring (bicyclic) bond motifs is 2. The lowest BCUT2D eigenvalue weighted by Gasteiger charge is -2.17. The molecule has 1 aliphatic rings. The molecule has 0 atom stereocenters. The van der Waals surface area contributed by atoms with E-state index in [0.29, 0.717) is 12.5 Å². The van der Waals surface area contributed by atoms with Crippen LogP contribution in [0.5, 0.6) is 5.75 Å². The van der Waals surface area contributed by atoms with Crippen LogP contribution in [0.3, 0.4) is 0 Å². The number of aromatic nitrogens is 3. The standard InChI is InChI=1S/C28H31N5O2/c1-18(2)15-32-16-21-13-20(8-9-22(21)28(32)34)24-14-27(31-17-30-24)29-10-11-33-19(3)12-23-25(33)6-5-7-26(23)35-4/h5-9,12-14,17-18H,10-11,15-16H2,1-4H3,(H,29,30,31). The normalized spacial score (nSPS) is 13.1. The Morgan fingerprint density at radius 2 is 1.97 bits per heavy atom. The highest BCUT2D eigenvalue weighted by Crippen LogP contribution is 2.30. The van der Waals surface area contributed by atoms with Crippen molar-refractivity contribution in [3.63, 3.8) is 0 Å². The molecule has 0 fully saturated rings. The molecule has 1 amide bonds. The molecule has 0 spiro atoms. The summed E-state index contributed by atoms with van der Waals surface area (Å²) in [7, 11) is 1.70. The van der Waals surface area contributed by atoms with E-state index in [0.717, 1.165) is 64.5 Å². The van der Waals surface area contributed by atoms with Crippen LogP contribution in [0.25, 0.3) is 22.2 Å². The first-order valence-electron chi connectivity index (χ1n) is 12.1. The summed E-state index contributed by atoms with van der Waals surface area (Å²) in [6.07, 6.45) is 1.59. The van der Waals surface area contributed by atoms with E-state index < -0.39 is 0 Å². The molecule has 4 aromatic rings. The Balaban J connectivity index is 1.29. The van der Waals surface area contributed by atoms with Crippen molar-refractivity contribution in [2.45, 2.75) is 33.9 Å². The summed E-state index contributed by atoms with van der Waals surface area (Å²) in [6.45, 7) is 9.33. The molecule has 7 heteroatoms. The third kappa shape index (κ3) is 4.46. The van der Waals surface area contributed by atoms with Gasteiger partial charge in [-0.25, -0.2) is 9.97 Å². The van der Waals surface area contributed by atoms with E-state index in [2.05, 4.69) is 58.8 Å². The van der Waals surface area contributed by atoms with Crippen LogP contribution in [-0.2, 0) is 13.1 Å². The van der Waals surface area contributed by atoms with Gasteiger partial charge in [-0.2, -0.15) is 0 Å². The number of hydrogen-bond acceptors (Lipinski definition) is 5. The van der Waals surface area contributed by atoms with Crippen LogP contribution in [-0.4, -0.2) is 45.5 Å². The lowest BCUT2D eigenvalue weighted by Crippen LogP contribution is -2.27. The van der Waals surface area contributed by atoms with Gasteiger partial charge in [0.15, 0.2) is 0 Å². The van der Waals surface area contributed by atoms with Crippen LogP contribution < -0.4 is 10.1 Å². The van der Waals surface area contributed by atoms with Gasteiger partial charge in [-0.3, -0.25) is 4.79 Å². The highest BCUT2D eigenvalue weighted by molar-refractivity contribution is 5.99. The molecule has 7 nitrogen and oxygen atoms in total. The van der Waals surface area contributed by atoms with Crippen LogP contribution in [0, 0.1) is 12.8 Å². The van der Waals surface area contributed by atoms with Gasteiger partial charge >= 0.3 is 0 Å². The van der Waals surface area contributed by atoms with Crippen LogP contribution in [0.4, 0.5) is 5.82 Å². The zero-order valence-corrected chi connectivity index (χ0v) is 20.7. The van der Waals surface area contributed by atoms with Crippen LogP contribution in [0.1, 0.15) is 35.5 Å². The number of benzene rings is 2. The average molecular weight is 470 g/mol. The minimum absolute atomic E-state index is 0.121. The van der Waals surface area contributed by atoms with E-state index in [1.807, 2.05) is 35.2 Å². The Morgan fingerprint density at radius 1 is 1.11 bits per heavy atom. The van der Waals surface area contributed by atoms with E-state index in [-0.39, 0.29) is 5.91 Å². The fraction of sp³-hybridized carbons (Fsp3) is 0.321. The minimum atomic E-state index is 0.121. The quantitative estimate of drug-likeness (QED) is 0.387. The highest BCUT2D eigenvalue weighted by atomic mass is 16.5. The smallest absolute Gasteiger partial charge is 0.254 e. The Labute approximate surface area is 205 Å². The summed E-state index contributed by atoms with van der Waals surface area (Å²) < 4.78 is 7.80. The first kappa shape index (κ1) is 22.9. The minimum Gasteiger partial charge on any atom is -0.496 e. The van der Waals surface area contributed by atoms with Gasteiger partial charge in [-0.15, -0.1) is 0 Å². The molecule has 2 aromatic heterocycles. The number of carbonyl (C=O) groups is 1. The summed E-state index contributed by atoms with van der Waals surface area (Å²) in [5.41, 5.74) is 6.04. The maximum absolute atomic E-state index is 12.7. The summed E-state index contributed by atoms with van der Waals surface area (Å²) in [4.78, 5) is 23.5. The number of methoxy groups -OCH3 is 1. The maximum Gasteiger partial charge on any atom is 0.254 e. The Kier molecular flexibility index (Phi) is 6.16. The number of rotatable bonds is 8. The molecule has 0 aliphatic carbocycles. The zero-order chi connectivity index (χ0) is 24.5. The van der Waals surface area contributed by atoms with E-state index >= 15 is 0 Å². The van der Waals surface area contributed by atoms with Gasteiger partial charge in [0.2, 0.25) is 0 Å². The topological polar surface area (TPSA) is 72.3 Å². The summed E-state index contributed by atoms with van der Waals surface area (Å²) in [5, 5.41) is 4.56. The number of carbonyl (C=O) groups excluding carboxylic acids is 1. The SMILES string of the molecule is COc1cccc2c1cc(C)n2CCNc1cc(-c2ccc3c(c2)CN(CC(C)C)C3=O)ncn1. The first-order chi connectivity index (χ1) is 16.9. The number of amides is 1. The fourth-order valence-corrected chi connectivity index (χ4v) is 4.90. The predicted molar refractivity (Wildman–Crippen MR) is 139 cm³/mol. The van der Waals surface area contributed by atoms with Gasteiger partial charge in [-0.05, 0) is 48.7 Å². The van der Waals surface area contributed by atoms with Gasteiger partial charge in [0, 0.05) is 54.5 Å². The van der Waals surface area contributed by atoms with Crippen molar-refractivity contribution in [3.05, 3.63) is 71.7 Å². The monoisotopic (exact) mass is 469 g/mol. The third-order valence-electron chi connectivity index (χ3n) is 6.51. The largest absolute Gasteiger partial charge is 0.496 e. The van der Waals surface area contributed by atoms with Crippen molar-refractivity contribution in [1.29, 1.82) is 0 Å². The molecule has 0 radical (unpaired) electrons. The lowest BCUT2D eigenvalue weighted by atomic mass is 10.0. The second kappa shape index (κ2) is 9.41.